The van der Waals surface area contributed by atoms with Crippen molar-refractivity contribution in [3.05, 3.63) is 35.4 Å². The highest BCUT2D eigenvalue weighted by Gasteiger charge is 2.59. The number of morpholine rings is 2. The fraction of sp³-hybridized carbons (Fsp3) is 0.636. The van der Waals surface area contributed by atoms with Gasteiger partial charge in [0.2, 0.25) is 0 Å². The Morgan fingerprint density at radius 1 is 1.09 bits per heavy atom. The molecule has 13 heteroatoms. The average Bonchev–Trinajstić information content (AvgIpc) is 3.63. The molecular weight excluding hydrogens is 471 g/mol. The number of ether oxygens (including phenoxy) is 2. The quantitative estimate of drug-likeness (QED) is 0.586. The van der Waals surface area contributed by atoms with E-state index in [0.29, 0.717) is 49.2 Å². The number of alkyl halides is 3. The maximum Gasteiger partial charge on any atom is 0.432 e. The summed E-state index contributed by atoms with van der Waals surface area (Å²) in [6, 6.07) is 5.78. The van der Waals surface area contributed by atoms with Crippen molar-refractivity contribution in [3.63, 3.8) is 0 Å². The molecule has 0 radical (unpaired) electrons. The Morgan fingerprint density at radius 2 is 1.77 bits per heavy atom. The number of nitrogens with zero attached hydrogens (tertiary/aromatic N) is 3. The highest BCUT2D eigenvalue weighted by atomic mass is 19.4. The third-order valence-electron chi connectivity index (χ3n) is 6.91. The number of urea groups is 1. The van der Waals surface area contributed by atoms with E-state index in [2.05, 4.69) is 10.2 Å². The lowest BCUT2D eigenvalue weighted by molar-refractivity contribution is -0.148. The monoisotopic (exact) mass is 499 g/mol. The van der Waals surface area contributed by atoms with Crippen LogP contribution in [0.3, 0.4) is 0 Å². The summed E-state index contributed by atoms with van der Waals surface area (Å²) in [5, 5.41) is 3.49. The molecular formula is C22H28F3N5O5. The predicted octanol–water partition coefficient (Wildman–Crippen LogP) is 1.19. The van der Waals surface area contributed by atoms with Crippen molar-refractivity contribution < 1.29 is 37.1 Å². The largest absolute Gasteiger partial charge is 0.432 e. The molecule has 0 aliphatic carbocycles. The molecule has 5 rings (SSSR count). The highest BCUT2D eigenvalue weighted by Crippen LogP contribution is 2.41. The minimum absolute atomic E-state index is 0.0452. The van der Waals surface area contributed by atoms with Gasteiger partial charge in [-0.2, -0.15) is 13.2 Å². The van der Waals surface area contributed by atoms with E-state index in [1.165, 1.54) is 24.3 Å². The molecule has 4 saturated heterocycles. The summed E-state index contributed by atoms with van der Waals surface area (Å²) in [4.78, 5) is 34.2. The van der Waals surface area contributed by atoms with Crippen LogP contribution in [-0.4, -0.2) is 96.8 Å². The lowest BCUT2D eigenvalue weighted by Gasteiger charge is -2.42. The van der Waals surface area contributed by atoms with Crippen LogP contribution in [0.15, 0.2) is 24.3 Å². The van der Waals surface area contributed by atoms with Gasteiger partial charge in [-0.15, -0.1) is 5.06 Å². The van der Waals surface area contributed by atoms with Crippen molar-refractivity contribution in [2.75, 3.05) is 39.5 Å². The van der Waals surface area contributed by atoms with Gasteiger partial charge in [0.05, 0.1) is 44.6 Å². The van der Waals surface area contributed by atoms with E-state index in [1.54, 1.807) is 4.90 Å². The van der Waals surface area contributed by atoms with Crippen LogP contribution < -0.4 is 11.1 Å². The molecule has 3 amide bonds. The summed E-state index contributed by atoms with van der Waals surface area (Å²) in [5.41, 5.74) is 6.54. The van der Waals surface area contributed by atoms with Crippen molar-refractivity contribution in [1.82, 2.24) is 20.2 Å². The first kappa shape index (κ1) is 24.3. The molecule has 3 N–H and O–H groups in total. The van der Waals surface area contributed by atoms with E-state index >= 15 is 0 Å². The van der Waals surface area contributed by atoms with E-state index in [-0.39, 0.29) is 36.6 Å². The molecule has 5 unspecified atom stereocenters. The molecule has 35 heavy (non-hydrogen) atoms. The van der Waals surface area contributed by atoms with E-state index in [1.807, 2.05) is 4.90 Å². The number of hydrogen-bond donors (Lipinski definition) is 2. The molecule has 0 aromatic heterocycles. The number of benzene rings is 1. The number of halogens is 3. The third-order valence-corrected chi connectivity index (χ3v) is 6.91. The molecule has 0 spiro atoms. The van der Waals surface area contributed by atoms with Crippen LogP contribution in [0.25, 0.3) is 0 Å². The van der Waals surface area contributed by atoms with E-state index < -0.39 is 18.6 Å². The molecule has 10 nitrogen and oxygen atoms in total. The van der Waals surface area contributed by atoms with Gasteiger partial charge in [0.1, 0.15) is 6.17 Å². The molecule has 192 valence electrons. The van der Waals surface area contributed by atoms with Gasteiger partial charge in [-0.3, -0.25) is 9.63 Å². The SMILES string of the molecule is NC(c1ccc(C(=O)NC[C@H]2COCCN2C(=O)N2C3CCC2COC3)cc1)N1OC1C(F)(F)F. The molecule has 4 fully saturated rings. The number of fused-ring (bicyclic) bond motifs is 2. The maximum absolute atomic E-state index is 13.3. The minimum Gasteiger partial charge on any atom is -0.377 e. The van der Waals surface area contributed by atoms with Gasteiger partial charge < -0.3 is 30.3 Å². The van der Waals surface area contributed by atoms with Crippen molar-refractivity contribution in [2.45, 2.75) is 49.5 Å². The minimum atomic E-state index is -4.52. The van der Waals surface area contributed by atoms with Crippen LogP contribution in [0.2, 0.25) is 0 Å². The fourth-order valence-corrected chi connectivity index (χ4v) is 4.96. The summed E-state index contributed by atoms with van der Waals surface area (Å²) in [7, 11) is 0. The summed E-state index contributed by atoms with van der Waals surface area (Å²) >= 11 is 0. The van der Waals surface area contributed by atoms with Gasteiger partial charge in [0, 0.05) is 18.7 Å². The fourth-order valence-electron chi connectivity index (χ4n) is 4.96. The Balaban J connectivity index is 1.16. The summed E-state index contributed by atoms with van der Waals surface area (Å²) < 4.78 is 49.2. The molecule has 4 aliphatic heterocycles. The third kappa shape index (κ3) is 4.96. The second-order valence-electron chi connectivity index (χ2n) is 9.17. The van der Waals surface area contributed by atoms with Gasteiger partial charge in [0.15, 0.2) is 0 Å². The molecule has 1 aromatic rings. The second-order valence-corrected chi connectivity index (χ2v) is 9.17. The second kappa shape index (κ2) is 9.54. The standard InChI is InChI=1S/C22H28F3N5O5/c23-22(24,25)20-30(35-20)18(26)13-1-3-14(4-2-13)19(31)27-9-17-12-33-8-7-28(17)21(32)29-15-5-6-16(29)11-34-10-15/h1-4,15-18,20H,5-12,26H2,(H,27,31)/t15?,16?,17-,18?,20?,30?/m0/s1. The number of rotatable bonds is 5. The first-order valence-corrected chi connectivity index (χ1v) is 11.6. The van der Waals surface area contributed by atoms with Crippen molar-refractivity contribution in [3.8, 4) is 0 Å². The molecule has 4 heterocycles. The number of carbonyl (C=O) groups is 2. The van der Waals surface area contributed by atoms with Gasteiger partial charge in [-0.05, 0) is 30.5 Å². The van der Waals surface area contributed by atoms with Crippen LogP contribution in [0, 0.1) is 0 Å². The Kier molecular flexibility index (Phi) is 6.61. The van der Waals surface area contributed by atoms with Crippen molar-refractivity contribution in [2.24, 2.45) is 5.73 Å². The van der Waals surface area contributed by atoms with Crippen LogP contribution in [0.4, 0.5) is 18.0 Å². The molecule has 1 aromatic carbocycles. The van der Waals surface area contributed by atoms with E-state index in [4.69, 9.17) is 15.2 Å². The molecule has 6 atom stereocenters. The Bertz CT molecular complexity index is 932. The summed E-state index contributed by atoms with van der Waals surface area (Å²) in [6.07, 6.45) is -5.77. The number of hydroxylamine groups is 2. The van der Waals surface area contributed by atoms with Crippen LogP contribution in [-0.2, 0) is 14.3 Å². The summed E-state index contributed by atoms with van der Waals surface area (Å²) in [6.45, 7) is 2.51. The first-order chi connectivity index (χ1) is 16.7. The smallest absolute Gasteiger partial charge is 0.377 e. The van der Waals surface area contributed by atoms with Gasteiger partial charge in [0.25, 0.3) is 12.1 Å². The van der Waals surface area contributed by atoms with Crippen molar-refractivity contribution >= 4 is 11.9 Å². The number of amides is 3. The van der Waals surface area contributed by atoms with Crippen LogP contribution >= 0.6 is 0 Å². The van der Waals surface area contributed by atoms with Gasteiger partial charge in [-0.1, -0.05) is 12.1 Å². The molecule has 4 aliphatic rings. The molecule has 2 bridgehead atoms. The number of carbonyl (C=O) groups excluding carboxylic acids is 2. The summed E-state index contributed by atoms with van der Waals surface area (Å²) in [5.74, 6) is -0.370. The lowest BCUT2D eigenvalue weighted by atomic mass is 10.1. The lowest BCUT2D eigenvalue weighted by Crippen LogP contribution is -2.61. The van der Waals surface area contributed by atoms with Crippen LogP contribution in [0.5, 0.6) is 0 Å². The number of nitrogens with two attached hydrogens (primary N) is 1. The van der Waals surface area contributed by atoms with E-state index in [0.717, 1.165) is 12.8 Å². The zero-order chi connectivity index (χ0) is 24.7. The predicted molar refractivity (Wildman–Crippen MR) is 115 cm³/mol. The average molecular weight is 499 g/mol. The number of nitrogens with one attached hydrogen (secondary N) is 1. The van der Waals surface area contributed by atoms with Crippen molar-refractivity contribution in [1.29, 1.82) is 0 Å². The maximum atomic E-state index is 13.3. The zero-order valence-corrected chi connectivity index (χ0v) is 18.9. The Hall–Kier alpha value is -2.45. The highest BCUT2D eigenvalue weighted by molar-refractivity contribution is 5.94. The Morgan fingerprint density at radius 3 is 2.40 bits per heavy atom. The van der Waals surface area contributed by atoms with E-state index in [9.17, 15) is 22.8 Å². The topological polar surface area (TPSA) is 113 Å². The molecule has 0 saturated carbocycles. The Labute approximate surface area is 200 Å². The normalized spacial score (nSPS) is 31.3. The van der Waals surface area contributed by atoms with Gasteiger partial charge >= 0.3 is 12.2 Å². The van der Waals surface area contributed by atoms with Gasteiger partial charge in [-0.25, -0.2) is 4.79 Å². The first-order valence-electron chi connectivity index (χ1n) is 11.6. The number of hydrogen-bond acceptors (Lipinski definition) is 7. The van der Waals surface area contributed by atoms with Crippen LogP contribution in [0.1, 0.15) is 34.9 Å². The zero-order valence-electron chi connectivity index (χ0n) is 18.9.